The average molecular weight is 353 g/mol. The minimum atomic E-state index is -3.86. The summed E-state index contributed by atoms with van der Waals surface area (Å²) in [5.74, 6) is 0.347. The Morgan fingerprint density at radius 2 is 2.00 bits per heavy atom. The predicted octanol–water partition coefficient (Wildman–Crippen LogP) is 3.45. The van der Waals surface area contributed by atoms with Gasteiger partial charge in [0.05, 0.1) is 17.1 Å². The van der Waals surface area contributed by atoms with Crippen molar-refractivity contribution in [1.82, 2.24) is 0 Å². The molecular formula is C11H10Cl2N2O3S2. The highest BCUT2D eigenvalue weighted by molar-refractivity contribution is 7.93. The van der Waals surface area contributed by atoms with E-state index in [9.17, 15) is 8.42 Å². The summed E-state index contributed by atoms with van der Waals surface area (Å²) in [4.78, 5) is -0.0846. The first kappa shape index (κ1) is 15.2. The van der Waals surface area contributed by atoms with Gasteiger partial charge in [0.1, 0.15) is 15.0 Å². The highest BCUT2D eigenvalue weighted by Crippen LogP contribution is 2.36. The molecule has 1 heterocycles. The van der Waals surface area contributed by atoms with Gasteiger partial charge in [0.15, 0.2) is 0 Å². The van der Waals surface area contributed by atoms with Crippen molar-refractivity contribution in [1.29, 1.82) is 0 Å². The van der Waals surface area contributed by atoms with E-state index in [-0.39, 0.29) is 19.3 Å². The topological polar surface area (TPSA) is 81.4 Å². The van der Waals surface area contributed by atoms with Crippen molar-refractivity contribution in [3.63, 3.8) is 0 Å². The third kappa shape index (κ3) is 3.12. The molecule has 0 atom stereocenters. The van der Waals surface area contributed by atoms with E-state index in [0.717, 1.165) is 11.3 Å². The first-order chi connectivity index (χ1) is 9.33. The Balaban J connectivity index is 2.43. The number of sulfonamides is 1. The Labute approximate surface area is 130 Å². The van der Waals surface area contributed by atoms with E-state index in [1.807, 2.05) is 0 Å². The standard InChI is InChI=1S/C11H10Cl2N2O3S2/c1-18-8-3-2-6(14)4-7(8)15-20(16,17)9-5-10(12)19-11(9)13/h2-5,15H,14H2,1H3. The fourth-order valence-corrected chi connectivity index (χ4v) is 4.73. The van der Waals surface area contributed by atoms with Crippen LogP contribution in [0.25, 0.3) is 0 Å². The van der Waals surface area contributed by atoms with Gasteiger partial charge >= 0.3 is 0 Å². The van der Waals surface area contributed by atoms with Crippen LogP contribution in [0.2, 0.25) is 8.67 Å². The molecule has 1 aromatic heterocycles. The number of rotatable bonds is 4. The van der Waals surface area contributed by atoms with Gasteiger partial charge in [-0.3, -0.25) is 4.72 Å². The maximum atomic E-state index is 12.3. The van der Waals surface area contributed by atoms with Gasteiger partial charge < -0.3 is 10.5 Å². The molecule has 0 saturated carbocycles. The van der Waals surface area contributed by atoms with E-state index in [4.69, 9.17) is 33.7 Å². The summed E-state index contributed by atoms with van der Waals surface area (Å²) in [6, 6.07) is 5.91. The third-order valence-corrected chi connectivity index (χ3v) is 5.50. The van der Waals surface area contributed by atoms with Crippen molar-refractivity contribution in [2.75, 3.05) is 17.6 Å². The van der Waals surface area contributed by atoms with Crippen molar-refractivity contribution in [3.8, 4) is 5.75 Å². The fraction of sp³-hybridized carbons (Fsp3) is 0.0909. The Morgan fingerprint density at radius 1 is 1.30 bits per heavy atom. The number of hydrogen-bond acceptors (Lipinski definition) is 5. The molecule has 0 bridgehead atoms. The van der Waals surface area contributed by atoms with E-state index in [1.165, 1.54) is 19.2 Å². The zero-order valence-electron chi connectivity index (χ0n) is 10.2. The number of anilines is 2. The first-order valence-corrected chi connectivity index (χ1v) is 8.30. The van der Waals surface area contributed by atoms with Crippen LogP contribution in [0.5, 0.6) is 5.75 Å². The number of nitrogens with two attached hydrogens (primary N) is 1. The number of ether oxygens (including phenoxy) is 1. The first-order valence-electron chi connectivity index (χ1n) is 5.24. The average Bonchev–Trinajstić information content (AvgIpc) is 2.69. The van der Waals surface area contributed by atoms with Crippen LogP contribution in [-0.4, -0.2) is 15.5 Å². The highest BCUT2D eigenvalue weighted by Gasteiger charge is 2.22. The van der Waals surface area contributed by atoms with Crippen LogP contribution in [0.4, 0.5) is 11.4 Å². The van der Waals surface area contributed by atoms with Crippen LogP contribution < -0.4 is 15.2 Å². The Kier molecular flexibility index (Phi) is 4.33. The molecule has 0 spiro atoms. The number of nitrogen functional groups attached to an aromatic ring is 1. The largest absolute Gasteiger partial charge is 0.495 e. The SMILES string of the molecule is COc1ccc(N)cc1NS(=O)(=O)c1cc(Cl)sc1Cl. The maximum absolute atomic E-state index is 12.3. The van der Waals surface area contributed by atoms with Gasteiger partial charge in [-0.2, -0.15) is 0 Å². The molecule has 2 rings (SSSR count). The molecule has 0 fully saturated rings. The monoisotopic (exact) mass is 352 g/mol. The van der Waals surface area contributed by atoms with Crippen LogP contribution in [0.3, 0.4) is 0 Å². The van der Waals surface area contributed by atoms with E-state index in [1.54, 1.807) is 12.1 Å². The summed E-state index contributed by atoms with van der Waals surface area (Å²) >= 11 is 12.6. The van der Waals surface area contributed by atoms with Gasteiger partial charge in [0.2, 0.25) is 0 Å². The zero-order valence-corrected chi connectivity index (χ0v) is 13.3. The van der Waals surface area contributed by atoms with Crippen molar-refractivity contribution >= 4 is 55.9 Å². The molecule has 0 amide bonds. The smallest absolute Gasteiger partial charge is 0.264 e. The van der Waals surface area contributed by atoms with Crippen LogP contribution in [0, 0.1) is 0 Å². The lowest BCUT2D eigenvalue weighted by atomic mass is 10.2. The summed E-state index contributed by atoms with van der Waals surface area (Å²) in [5, 5.41) is 0. The Bertz CT molecular complexity index is 744. The molecular weight excluding hydrogens is 343 g/mol. The van der Waals surface area contributed by atoms with Crippen LogP contribution >= 0.6 is 34.5 Å². The molecule has 3 N–H and O–H groups in total. The van der Waals surface area contributed by atoms with Crippen LogP contribution in [0.1, 0.15) is 0 Å². The molecule has 0 aliphatic rings. The third-order valence-electron chi connectivity index (χ3n) is 2.38. The number of nitrogens with one attached hydrogen (secondary N) is 1. The molecule has 5 nitrogen and oxygen atoms in total. The van der Waals surface area contributed by atoms with Crippen molar-refractivity contribution in [3.05, 3.63) is 32.9 Å². The molecule has 20 heavy (non-hydrogen) atoms. The number of halogens is 2. The molecule has 0 saturated heterocycles. The quantitative estimate of drug-likeness (QED) is 0.825. The van der Waals surface area contributed by atoms with Crippen LogP contribution in [0.15, 0.2) is 29.2 Å². The minimum absolute atomic E-state index is 0.0846. The van der Waals surface area contributed by atoms with Crippen molar-refractivity contribution in [2.24, 2.45) is 0 Å². The van der Waals surface area contributed by atoms with Crippen LogP contribution in [-0.2, 0) is 10.0 Å². The minimum Gasteiger partial charge on any atom is -0.495 e. The number of hydrogen-bond donors (Lipinski definition) is 2. The van der Waals surface area contributed by atoms with Gasteiger partial charge in [-0.1, -0.05) is 23.2 Å². The van der Waals surface area contributed by atoms with E-state index >= 15 is 0 Å². The van der Waals surface area contributed by atoms with E-state index in [2.05, 4.69) is 4.72 Å². The van der Waals surface area contributed by atoms with E-state index in [0.29, 0.717) is 11.4 Å². The summed E-state index contributed by atoms with van der Waals surface area (Å²) < 4.78 is 32.4. The molecule has 2 aromatic rings. The number of benzene rings is 1. The fourth-order valence-electron chi connectivity index (χ4n) is 1.51. The summed E-state index contributed by atoms with van der Waals surface area (Å²) in [6.45, 7) is 0. The second kappa shape index (κ2) is 5.69. The maximum Gasteiger partial charge on any atom is 0.264 e. The Hall–Kier alpha value is -1.15. The Morgan fingerprint density at radius 3 is 2.55 bits per heavy atom. The lowest BCUT2D eigenvalue weighted by molar-refractivity contribution is 0.417. The lowest BCUT2D eigenvalue weighted by Gasteiger charge is -2.11. The molecule has 0 aliphatic carbocycles. The van der Waals surface area contributed by atoms with E-state index < -0.39 is 10.0 Å². The second-order valence-corrected chi connectivity index (χ2v) is 7.69. The summed E-state index contributed by atoms with van der Waals surface area (Å²) in [5.41, 5.74) is 6.27. The molecule has 0 radical (unpaired) electrons. The van der Waals surface area contributed by atoms with Gasteiger partial charge in [0.25, 0.3) is 10.0 Å². The van der Waals surface area contributed by atoms with Gasteiger partial charge in [-0.15, -0.1) is 11.3 Å². The van der Waals surface area contributed by atoms with Crippen molar-refractivity contribution < 1.29 is 13.2 Å². The second-order valence-electron chi connectivity index (χ2n) is 3.75. The summed E-state index contributed by atoms with van der Waals surface area (Å²) in [7, 11) is -2.44. The van der Waals surface area contributed by atoms with Gasteiger partial charge in [-0.05, 0) is 24.3 Å². The highest BCUT2D eigenvalue weighted by atomic mass is 35.5. The zero-order chi connectivity index (χ0) is 14.9. The number of thiophene rings is 1. The van der Waals surface area contributed by atoms with Gasteiger partial charge in [0, 0.05) is 5.69 Å². The molecule has 9 heteroatoms. The van der Waals surface area contributed by atoms with Crippen molar-refractivity contribution in [2.45, 2.75) is 4.90 Å². The molecule has 0 unspecified atom stereocenters. The normalized spacial score (nSPS) is 11.3. The molecule has 0 aliphatic heterocycles. The molecule has 1 aromatic carbocycles. The predicted molar refractivity (Wildman–Crippen MR) is 82.6 cm³/mol. The summed E-state index contributed by atoms with van der Waals surface area (Å²) in [6.07, 6.45) is 0. The van der Waals surface area contributed by atoms with Gasteiger partial charge in [-0.25, -0.2) is 8.42 Å². The lowest BCUT2D eigenvalue weighted by Crippen LogP contribution is -2.13. The molecule has 108 valence electrons. The number of methoxy groups -OCH3 is 1.